The average molecular weight is 611 g/mol. The van der Waals surface area contributed by atoms with Crippen LogP contribution >= 0.6 is 22.9 Å². The molecule has 2 aliphatic heterocycles. The minimum atomic E-state index is -1.96. The summed E-state index contributed by atoms with van der Waals surface area (Å²) in [5, 5.41) is 32.8. The third-order valence-electron chi connectivity index (χ3n) is 7.32. The quantitative estimate of drug-likeness (QED) is 0.249. The number of carbonyl (C=O) groups excluding carboxylic acids is 2. The van der Waals surface area contributed by atoms with Crippen molar-refractivity contribution in [2.24, 2.45) is 0 Å². The summed E-state index contributed by atoms with van der Waals surface area (Å²) in [5.41, 5.74) is 7.39. The van der Waals surface area contributed by atoms with Gasteiger partial charge in [-0.05, 0) is 68.1 Å². The Morgan fingerprint density at radius 2 is 1.88 bits per heavy atom. The van der Waals surface area contributed by atoms with Gasteiger partial charge in [-0.3, -0.25) is 14.6 Å². The van der Waals surface area contributed by atoms with E-state index in [0.717, 1.165) is 28.9 Å². The van der Waals surface area contributed by atoms with Gasteiger partial charge in [0, 0.05) is 35.7 Å². The maximum Gasteiger partial charge on any atom is 0.255 e. The zero-order valence-corrected chi connectivity index (χ0v) is 25.2. The predicted molar refractivity (Wildman–Crippen MR) is 164 cm³/mol. The van der Waals surface area contributed by atoms with Crippen molar-refractivity contribution in [1.29, 1.82) is 0 Å². The fraction of sp³-hybridized carbons (Fsp3) is 0.367. The number of hydrogen-bond acceptors (Lipinski definition) is 9. The van der Waals surface area contributed by atoms with E-state index in [9.17, 15) is 19.8 Å². The molecule has 1 unspecified atom stereocenters. The number of aliphatic hydroxyl groups excluding tert-OH is 2. The summed E-state index contributed by atoms with van der Waals surface area (Å²) < 4.78 is 0. The lowest BCUT2D eigenvalue weighted by atomic mass is 9.90. The number of rotatable bonds is 9. The third-order valence-corrected chi connectivity index (χ3v) is 8.34. The topological polar surface area (TPSA) is 130 Å². The van der Waals surface area contributed by atoms with E-state index >= 15 is 0 Å². The molecule has 3 aromatic rings. The fourth-order valence-corrected chi connectivity index (χ4v) is 6.24. The number of carbonyl (C=O) groups is 2. The molecule has 2 aromatic carbocycles. The molecule has 0 saturated carbocycles. The van der Waals surface area contributed by atoms with Gasteiger partial charge in [0.2, 0.25) is 0 Å². The van der Waals surface area contributed by atoms with Gasteiger partial charge in [-0.25, -0.2) is 10.4 Å². The van der Waals surface area contributed by atoms with Crippen LogP contribution in [0.3, 0.4) is 0 Å². The number of nitrogens with zero attached hydrogens (tertiary/aromatic N) is 3. The lowest BCUT2D eigenvalue weighted by molar-refractivity contribution is -0.155. The highest BCUT2D eigenvalue weighted by atomic mass is 35.5. The van der Waals surface area contributed by atoms with Gasteiger partial charge in [-0.1, -0.05) is 35.9 Å². The van der Waals surface area contributed by atoms with E-state index in [1.54, 1.807) is 13.0 Å². The molecule has 5 N–H and O–H groups in total. The second-order valence-corrected chi connectivity index (χ2v) is 12.0. The number of thiazole rings is 1. The smallest absolute Gasteiger partial charge is 0.255 e. The molecule has 0 spiro atoms. The highest BCUT2D eigenvalue weighted by molar-refractivity contribution is 7.13. The SMILES string of the molecule is CC(C)Nc1nc(C2c3ccc(Cl)cc3CCN2C(=O)[C@H](O)[C@@H](O)C(=O)N[C@H](C)c2ccc(N3C=CCN3)cc2)cs1. The summed E-state index contributed by atoms with van der Waals surface area (Å²) in [6.45, 7) is 6.81. The van der Waals surface area contributed by atoms with Crippen molar-refractivity contribution >= 4 is 45.6 Å². The van der Waals surface area contributed by atoms with E-state index in [0.29, 0.717) is 22.3 Å². The van der Waals surface area contributed by atoms with Crippen molar-refractivity contribution in [3.05, 3.63) is 87.5 Å². The molecule has 1 aromatic heterocycles. The fourth-order valence-electron chi connectivity index (χ4n) is 5.17. The first kappa shape index (κ1) is 30.0. The van der Waals surface area contributed by atoms with Gasteiger partial charge >= 0.3 is 0 Å². The molecule has 3 heterocycles. The summed E-state index contributed by atoms with van der Waals surface area (Å²) in [6, 6.07) is 12.2. The van der Waals surface area contributed by atoms with Gasteiger partial charge in [0.05, 0.1) is 17.4 Å². The van der Waals surface area contributed by atoms with Crippen LogP contribution in [0.5, 0.6) is 0 Å². The number of aliphatic hydroxyl groups is 2. The van der Waals surface area contributed by atoms with Gasteiger partial charge in [0.25, 0.3) is 11.8 Å². The van der Waals surface area contributed by atoms with Crippen molar-refractivity contribution in [3.8, 4) is 0 Å². The first-order chi connectivity index (χ1) is 20.1. The zero-order chi connectivity index (χ0) is 30.0. The Labute approximate surface area is 254 Å². The maximum absolute atomic E-state index is 13.7. The lowest BCUT2D eigenvalue weighted by Gasteiger charge is -2.38. The van der Waals surface area contributed by atoms with Crippen LogP contribution in [0, 0.1) is 0 Å². The highest BCUT2D eigenvalue weighted by Crippen LogP contribution is 2.38. The van der Waals surface area contributed by atoms with Crippen LogP contribution in [0.2, 0.25) is 5.02 Å². The Hall–Kier alpha value is -3.48. The van der Waals surface area contributed by atoms with Crippen molar-refractivity contribution in [1.82, 2.24) is 20.6 Å². The van der Waals surface area contributed by atoms with Crippen molar-refractivity contribution in [2.45, 2.75) is 57.5 Å². The van der Waals surface area contributed by atoms with Crippen molar-refractivity contribution in [2.75, 3.05) is 23.4 Å². The molecule has 0 fully saturated rings. The van der Waals surface area contributed by atoms with Gasteiger partial charge in [0.15, 0.2) is 17.3 Å². The number of hydrazine groups is 1. The van der Waals surface area contributed by atoms with Crippen LogP contribution in [0.25, 0.3) is 0 Å². The van der Waals surface area contributed by atoms with Crippen molar-refractivity contribution < 1.29 is 19.8 Å². The molecular weight excluding hydrogens is 576 g/mol. The van der Waals surface area contributed by atoms with Crippen LogP contribution in [0.1, 0.15) is 55.2 Å². The molecule has 0 radical (unpaired) electrons. The number of hydrogen-bond donors (Lipinski definition) is 5. The van der Waals surface area contributed by atoms with E-state index in [2.05, 4.69) is 16.1 Å². The molecule has 0 bridgehead atoms. The van der Waals surface area contributed by atoms with Crippen LogP contribution in [-0.4, -0.2) is 63.3 Å². The molecule has 5 rings (SSSR count). The van der Waals surface area contributed by atoms with Crippen LogP contribution in [0.4, 0.5) is 10.8 Å². The first-order valence-corrected chi connectivity index (χ1v) is 15.1. The molecule has 0 aliphatic carbocycles. The van der Waals surface area contributed by atoms with Crippen LogP contribution in [0.15, 0.2) is 60.1 Å². The van der Waals surface area contributed by atoms with Crippen molar-refractivity contribution in [3.63, 3.8) is 0 Å². The van der Waals surface area contributed by atoms with E-state index in [1.165, 1.54) is 16.2 Å². The Kier molecular flexibility index (Phi) is 9.14. The molecule has 222 valence electrons. The Morgan fingerprint density at radius 1 is 1.12 bits per heavy atom. The number of nitrogens with one attached hydrogen (secondary N) is 3. The highest BCUT2D eigenvalue weighted by Gasteiger charge is 2.40. The number of benzene rings is 2. The molecule has 12 heteroatoms. The molecule has 2 amide bonds. The average Bonchev–Trinajstić information content (AvgIpc) is 3.68. The third kappa shape index (κ3) is 6.45. The number of halogens is 1. The van der Waals surface area contributed by atoms with Gasteiger partial charge in [-0.2, -0.15) is 0 Å². The summed E-state index contributed by atoms with van der Waals surface area (Å²) in [7, 11) is 0. The zero-order valence-electron chi connectivity index (χ0n) is 23.6. The van der Waals surface area contributed by atoms with E-state index < -0.39 is 36.1 Å². The molecular formula is C30H35ClN6O4S. The number of aromatic nitrogens is 1. The second kappa shape index (κ2) is 12.8. The number of fused-ring (bicyclic) bond motifs is 1. The van der Waals surface area contributed by atoms with Gasteiger partial charge < -0.3 is 25.7 Å². The van der Waals surface area contributed by atoms with Crippen LogP contribution < -0.4 is 21.1 Å². The lowest BCUT2D eigenvalue weighted by Crippen LogP contribution is -2.53. The Balaban J connectivity index is 1.30. The van der Waals surface area contributed by atoms with Gasteiger partial charge in [0.1, 0.15) is 6.04 Å². The Morgan fingerprint density at radius 3 is 2.57 bits per heavy atom. The van der Waals surface area contributed by atoms with E-state index in [1.807, 2.05) is 72.9 Å². The standard InChI is InChI=1S/C30H35ClN6O4S/c1-17(2)33-30-35-24(16-42-30)25-23-10-7-21(31)15-20(23)11-14-36(25)29(41)27(39)26(38)28(40)34-18(3)19-5-8-22(9-6-19)37-13-4-12-32-37/h4-10,13,15-18,25-27,32,38-39H,11-12,14H2,1-3H3,(H,33,35)(H,34,40)/t18-,25?,26-,27-/m1/s1. The maximum atomic E-state index is 13.7. The van der Waals surface area contributed by atoms with E-state index in [4.69, 9.17) is 16.6 Å². The molecule has 4 atom stereocenters. The molecule has 10 nitrogen and oxygen atoms in total. The molecule has 0 saturated heterocycles. The normalized spacial score (nSPS) is 18.5. The predicted octanol–water partition coefficient (Wildman–Crippen LogP) is 3.53. The first-order valence-electron chi connectivity index (χ1n) is 13.9. The monoisotopic (exact) mass is 610 g/mol. The number of anilines is 2. The molecule has 2 aliphatic rings. The largest absolute Gasteiger partial charge is 0.380 e. The number of amides is 2. The summed E-state index contributed by atoms with van der Waals surface area (Å²) in [4.78, 5) is 32.8. The van der Waals surface area contributed by atoms with E-state index in [-0.39, 0.29) is 12.6 Å². The summed E-state index contributed by atoms with van der Waals surface area (Å²) >= 11 is 7.68. The van der Waals surface area contributed by atoms with Gasteiger partial charge in [-0.15, -0.1) is 11.3 Å². The summed E-state index contributed by atoms with van der Waals surface area (Å²) in [6.07, 6.45) is 0.522. The van der Waals surface area contributed by atoms with Crippen LogP contribution in [-0.2, 0) is 16.0 Å². The Bertz CT molecular complexity index is 1460. The second-order valence-electron chi connectivity index (χ2n) is 10.7. The summed E-state index contributed by atoms with van der Waals surface area (Å²) in [5.74, 6) is -1.59. The minimum Gasteiger partial charge on any atom is -0.380 e. The minimum absolute atomic E-state index is 0.175. The molecule has 42 heavy (non-hydrogen) atoms.